The molecule has 0 bridgehead atoms. The van der Waals surface area contributed by atoms with Gasteiger partial charge in [-0.25, -0.2) is 9.78 Å². The second-order valence-corrected chi connectivity index (χ2v) is 7.38. The van der Waals surface area contributed by atoms with Gasteiger partial charge >= 0.3 is 5.69 Å². The van der Waals surface area contributed by atoms with Gasteiger partial charge < -0.3 is 10.6 Å². The molecule has 1 unspecified atom stereocenters. The maximum Gasteiger partial charge on any atom is 0.329 e. The SMILES string of the molecule is CCCn1c(=O)[nH]c(=O)c2c(C(=O)NC3CCCNC3)cc(C(C)C)nc21.Cl.Cl. The number of aromatic amines is 1. The Kier molecular flexibility index (Phi) is 9.32. The van der Waals surface area contributed by atoms with Gasteiger partial charge in [-0.15, -0.1) is 24.8 Å². The third-order valence-electron chi connectivity index (χ3n) is 4.88. The van der Waals surface area contributed by atoms with E-state index in [2.05, 4.69) is 20.6 Å². The van der Waals surface area contributed by atoms with Crippen LogP contribution >= 0.6 is 24.8 Å². The van der Waals surface area contributed by atoms with Crippen molar-refractivity contribution in [2.24, 2.45) is 0 Å². The number of carbonyl (C=O) groups is 1. The zero-order valence-electron chi connectivity index (χ0n) is 16.9. The van der Waals surface area contributed by atoms with Crippen molar-refractivity contribution in [2.45, 2.75) is 58.5 Å². The predicted octanol–water partition coefficient (Wildman–Crippen LogP) is 1.94. The number of hydrogen-bond acceptors (Lipinski definition) is 5. The van der Waals surface area contributed by atoms with Crippen molar-refractivity contribution in [3.05, 3.63) is 38.2 Å². The lowest BCUT2D eigenvalue weighted by molar-refractivity contribution is 0.0932. The average Bonchev–Trinajstić information content (AvgIpc) is 2.64. The summed E-state index contributed by atoms with van der Waals surface area (Å²) in [6.07, 6.45) is 2.61. The topological polar surface area (TPSA) is 109 Å². The second-order valence-electron chi connectivity index (χ2n) is 7.38. The Morgan fingerprint density at radius 1 is 1.34 bits per heavy atom. The van der Waals surface area contributed by atoms with Crippen molar-refractivity contribution in [3.63, 3.8) is 0 Å². The maximum absolute atomic E-state index is 13.0. The highest BCUT2D eigenvalue weighted by atomic mass is 35.5. The summed E-state index contributed by atoms with van der Waals surface area (Å²) in [6, 6.07) is 1.70. The molecule has 1 atom stereocenters. The Hall–Kier alpha value is -1.90. The smallest absolute Gasteiger partial charge is 0.329 e. The maximum atomic E-state index is 13.0. The fraction of sp³-hybridized carbons (Fsp3) is 0.579. The lowest BCUT2D eigenvalue weighted by atomic mass is 10.0. The van der Waals surface area contributed by atoms with Gasteiger partial charge in [0.2, 0.25) is 0 Å². The van der Waals surface area contributed by atoms with Gasteiger partial charge in [0, 0.05) is 24.8 Å². The molecule has 8 nitrogen and oxygen atoms in total. The van der Waals surface area contributed by atoms with Gasteiger partial charge in [-0.1, -0.05) is 20.8 Å². The number of fused-ring (bicyclic) bond motifs is 1. The molecule has 10 heteroatoms. The van der Waals surface area contributed by atoms with E-state index < -0.39 is 11.2 Å². The molecule has 1 fully saturated rings. The molecule has 2 aromatic rings. The van der Waals surface area contributed by atoms with E-state index in [1.54, 1.807) is 6.07 Å². The van der Waals surface area contributed by atoms with Gasteiger partial charge in [-0.2, -0.15) is 0 Å². The normalized spacial score (nSPS) is 16.2. The molecule has 3 rings (SSSR count). The quantitative estimate of drug-likeness (QED) is 0.651. The van der Waals surface area contributed by atoms with Crippen molar-refractivity contribution >= 4 is 41.8 Å². The monoisotopic (exact) mass is 445 g/mol. The zero-order valence-corrected chi connectivity index (χ0v) is 18.5. The van der Waals surface area contributed by atoms with E-state index in [9.17, 15) is 14.4 Å². The second kappa shape index (κ2) is 10.8. The van der Waals surface area contributed by atoms with Gasteiger partial charge in [0.25, 0.3) is 11.5 Å². The number of carbonyl (C=O) groups excluding carboxylic acids is 1. The Bertz CT molecular complexity index is 965. The summed E-state index contributed by atoms with van der Waals surface area (Å²) in [6.45, 7) is 7.97. The molecule has 2 aromatic heterocycles. The van der Waals surface area contributed by atoms with E-state index in [4.69, 9.17) is 0 Å². The van der Waals surface area contributed by atoms with E-state index in [-0.39, 0.29) is 59.3 Å². The van der Waals surface area contributed by atoms with Crippen LogP contribution in [-0.2, 0) is 6.54 Å². The molecule has 0 spiro atoms. The van der Waals surface area contributed by atoms with Crippen LogP contribution in [0.3, 0.4) is 0 Å². The number of hydrogen-bond donors (Lipinski definition) is 3. The molecule has 0 saturated carbocycles. The zero-order chi connectivity index (χ0) is 19.6. The third kappa shape index (κ3) is 5.38. The molecular formula is C19H29Cl2N5O3. The van der Waals surface area contributed by atoms with E-state index in [0.717, 1.165) is 19.4 Å². The molecule has 0 aliphatic carbocycles. The molecule has 1 aliphatic rings. The van der Waals surface area contributed by atoms with Crippen LogP contribution in [0.1, 0.15) is 62.0 Å². The van der Waals surface area contributed by atoms with Crippen molar-refractivity contribution in [3.8, 4) is 0 Å². The molecule has 1 aliphatic heterocycles. The summed E-state index contributed by atoms with van der Waals surface area (Å²) in [5, 5.41) is 6.45. The summed E-state index contributed by atoms with van der Waals surface area (Å²) in [4.78, 5) is 44.7. The molecule has 3 heterocycles. The van der Waals surface area contributed by atoms with Gasteiger partial charge in [-0.05, 0) is 37.8 Å². The summed E-state index contributed by atoms with van der Waals surface area (Å²) >= 11 is 0. The van der Waals surface area contributed by atoms with E-state index in [0.29, 0.717) is 25.2 Å². The predicted molar refractivity (Wildman–Crippen MR) is 119 cm³/mol. The van der Waals surface area contributed by atoms with Crippen molar-refractivity contribution in [2.75, 3.05) is 13.1 Å². The summed E-state index contributed by atoms with van der Waals surface area (Å²) in [5.74, 6) is -0.244. The first-order valence-corrected chi connectivity index (χ1v) is 9.61. The third-order valence-corrected chi connectivity index (χ3v) is 4.88. The first kappa shape index (κ1) is 25.1. The number of aromatic nitrogens is 3. The van der Waals surface area contributed by atoms with Gasteiger partial charge in [0.05, 0.1) is 10.9 Å². The molecule has 0 aromatic carbocycles. The Labute approximate surface area is 181 Å². The Balaban J connectivity index is 0.00000210. The molecule has 29 heavy (non-hydrogen) atoms. The van der Waals surface area contributed by atoms with Crippen LogP contribution in [0, 0.1) is 0 Å². The number of piperidine rings is 1. The van der Waals surface area contributed by atoms with E-state index in [1.807, 2.05) is 20.8 Å². The summed E-state index contributed by atoms with van der Waals surface area (Å²) in [7, 11) is 0. The molecule has 0 radical (unpaired) electrons. The first-order chi connectivity index (χ1) is 12.9. The van der Waals surface area contributed by atoms with Crippen LogP contribution in [0.2, 0.25) is 0 Å². The van der Waals surface area contributed by atoms with Crippen LogP contribution in [0.25, 0.3) is 11.0 Å². The standard InChI is InChI=1S/C19H27N5O3.2ClH/c1-4-8-24-16-15(18(26)23-19(24)27)13(9-14(22-16)11(2)3)17(25)21-12-6-5-7-20-10-12;;/h9,11-12,20H,4-8,10H2,1-3H3,(H,21,25)(H,23,26,27);2*1H. The molecule has 1 amide bonds. The van der Waals surface area contributed by atoms with Crippen molar-refractivity contribution in [1.82, 2.24) is 25.2 Å². The summed E-state index contributed by atoms with van der Waals surface area (Å²) in [5.41, 5.74) is 0.177. The highest BCUT2D eigenvalue weighted by molar-refractivity contribution is 6.05. The minimum absolute atomic E-state index is 0. The van der Waals surface area contributed by atoms with Gasteiger partial charge in [0.15, 0.2) is 5.65 Å². The summed E-state index contributed by atoms with van der Waals surface area (Å²) < 4.78 is 1.45. The number of nitrogens with zero attached hydrogens (tertiary/aromatic N) is 2. The van der Waals surface area contributed by atoms with Crippen molar-refractivity contribution < 1.29 is 4.79 Å². The molecule has 162 valence electrons. The lowest BCUT2D eigenvalue weighted by Gasteiger charge is -2.24. The largest absolute Gasteiger partial charge is 0.348 e. The first-order valence-electron chi connectivity index (χ1n) is 9.61. The Morgan fingerprint density at radius 3 is 2.66 bits per heavy atom. The van der Waals surface area contributed by atoms with Crippen LogP contribution in [-0.4, -0.2) is 39.6 Å². The van der Waals surface area contributed by atoms with Crippen LogP contribution in [0.15, 0.2) is 15.7 Å². The van der Waals surface area contributed by atoms with Gasteiger partial charge in [0.1, 0.15) is 0 Å². The van der Waals surface area contributed by atoms with Gasteiger partial charge in [-0.3, -0.25) is 19.1 Å². The Morgan fingerprint density at radius 2 is 2.07 bits per heavy atom. The number of aryl methyl sites for hydroxylation is 1. The number of halogens is 2. The van der Waals surface area contributed by atoms with E-state index in [1.165, 1.54) is 4.57 Å². The van der Waals surface area contributed by atoms with Crippen molar-refractivity contribution in [1.29, 1.82) is 0 Å². The number of pyridine rings is 1. The number of amides is 1. The van der Waals surface area contributed by atoms with Crippen LogP contribution < -0.4 is 21.9 Å². The van der Waals surface area contributed by atoms with E-state index >= 15 is 0 Å². The number of H-pyrrole nitrogens is 1. The molecule has 3 N–H and O–H groups in total. The highest BCUT2D eigenvalue weighted by Crippen LogP contribution is 2.20. The number of nitrogens with one attached hydrogen (secondary N) is 3. The average molecular weight is 446 g/mol. The van der Waals surface area contributed by atoms with Crippen LogP contribution in [0.4, 0.5) is 0 Å². The minimum Gasteiger partial charge on any atom is -0.348 e. The fourth-order valence-corrected chi connectivity index (χ4v) is 3.44. The molecule has 1 saturated heterocycles. The highest BCUT2D eigenvalue weighted by Gasteiger charge is 2.23. The fourth-order valence-electron chi connectivity index (χ4n) is 3.44. The lowest BCUT2D eigenvalue weighted by Crippen LogP contribution is -2.46. The molecular weight excluding hydrogens is 417 g/mol. The number of rotatable bonds is 5. The van der Waals surface area contributed by atoms with Crippen LogP contribution in [0.5, 0.6) is 0 Å². The minimum atomic E-state index is -0.572.